The molecule has 0 aliphatic rings. The van der Waals surface area contributed by atoms with Gasteiger partial charge in [0.2, 0.25) is 5.88 Å². The van der Waals surface area contributed by atoms with E-state index in [4.69, 9.17) is 14.9 Å². The number of nitrogen functional groups attached to an aromatic ring is 1. The molecule has 0 aromatic carbocycles. The van der Waals surface area contributed by atoms with Gasteiger partial charge >= 0.3 is 0 Å². The molecule has 5 nitrogen and oxygen atoms in total. The lowest BCUT2D eigenvalue weighted by Crippen LogP contribution is -2.07. The van der Waals surface area contributed by atoms with Gasteiger partial charge in [-0.2, -0.15) is 0 Å². The van der Waals surface area contributed by atoms with E-state index in [0.29, 0.717) is 29.3 Å². The van der Waals surface area contributed by atoms with Crippen LogP contribution in [0, 0.1) is 19.8 Å². The van der Waals surface area contributed by atoms with Crippen molar-refractivity contribution in [2.45, 2.75) is 37.9 Å². The van der Waals surface area contributed by atoms with Crippen LogP contribution in [0.4, 0.5) is 5.69 Å². The maximum atomic E-state index is 5.86. The molecule has 0 aliphatic carbocycles. The molecular formula is C14H19N3O2S. The van der Waals surface area contributed by atoms with Gasteiger partial charge in [0, 0.05) is 0 Å². The molecule has 0 bridgehead atoms. The molecule has 108 valence electrons. The summed E-state index contributed by atoms with van der Waals surface area (Å²) in [7, 11) is 0. The summed E-state index contributed by atoms with van der Waals surface area (Å²) in [6.45, 7) is 8.54. The molecule has 0 radical (unpaired) electrons. The number of oxazole rings is 1. The Kier molecular flexibility index (Phi) is 4.54. The van der Waals surface area contributed by atoms with E-state index in [2.05, 4.69) is 23.8 Å². The quantitative estimate of drug-likeness (QED) is 0.910. The Balaban J connectivity index is 2.14. The summed E-state index contributed by atoms with van der Waals surface area (Å²) in [5.74, 6) is 1.70. The van der Waals surface area contributed by atoms with Crippen molar-refractivity contribution >= 4 is 17.4 Å². The summed E-state index contributed by atoms with van der Waals surface area (Å²) in [5, 5.41) is 1.33. The lowest BCUT2D eigenvalue weighted by Gasteiger charge is -2.10. The molecule has 20 heavy (non-hydrogen) atoms. The average molecular weight is 293 g/mol. The minimum atomic E-state index is 0.421. The van der Waals surface area contributed by atoms with Crippen molar-refractivity contribution < 1.29 is 9.15 Å². The van der Waals surface area contributed by atoms with E-state index < -0.39 is 0 Å². The summed E-state index contributed by atoms with van der Waals surface area (Å²) in [5.41, 5.74) is 7.29. The standard InChI is InChI=1S/C14H19N3O2S/c1-8(2)7-18-13-11(15)5-6-12(17-13)20-14-16-9(3)10(4)19-14/h5-6,8H,7,15H2,1-4H3. The molecule has 0 saturated carbocycles. The smallest absolute Gasteiger partial charge is 0.262 e. The van der Waals surface area contributed by atoms with Crippen LogP contribution in [0.25, 0.3) is 0 Å². The fraction of sp³-hybridized carbons (Fsp3) is 0.429. The Bertz CT molecular complexity index is 577. The van der Waals surface area contributed by atoms with Crippen molar-refractivity contribution in [3.8, 4) is 5.88 Å². The first kappa shape index (κ1) is 14.7. The summed E-state index contributed by atoms with van der Waals surface area (Å²) < 4.78 is 11.1. The predicted molar refractivity (Wildman–Crippen MR) is 79.1 cm³/mol. The van der Waals surface area contributed by atoms with Crippen LogP contribution in [0.5, 0.6) is 5.88 Å². The van der Waals surface area contributed by atoms with Gasteiger partial charge in [-0.1, -0.05) is 13.8 Å². The van der Waals surface area contributed by atoms with Gasteiger partial charge < -0.3 is 14.9 Å². The van der Waals surface area contributed by atoms with Gasteiger partial charge in [-0.3, -0.25) is 0 Å². The number of nitrogens with zero attached hydrogens (tertiary/aromatic N) is 2. The number of hydrogen-bond acceptors (Lipinski definition) is 6. The fourth-order valence-corrected chi connectivity index (χ4v) is 2.22. The molecular weight excluding hydrogens is 274 g/mol. The topological polar surface area (TPSA) is 74.2 Å². The van der Waals surface area contributed by atoms with Gasteiger partial charge in [0.15, 0.2) is 0 Å². The number of hydrogen-bond donors (Lipinski definition) is 1. The second kappa shape index (κ2) is 6.17. The molecule has 2 aromatic rings. The Labute approximate surface area is 122 Å². The van der Waals surface area contributed by atoms with E-state index in [1.807, 2.05) is 19.9 Å². The van der Waals surface area contributed by atoms with Crippen LogP contribution in [-0.2, 0) is 0 Å². The SMILES string of the molecule is Cc1nc(Sc2ccc(N)c(OCC(C)C)n2)oc1C. The highest BCUT2D eigenvalue weighted by Gasteiger charge is 2.11. The van der Waals surface area contributed by atoms with Crippen LogP contribution in [0.15, 0.2) is 26.8 Å². The van der Waals surface area contributed by atoms with Crippen molar-refractivity contribution in [2.75, 3.05) is 12.3 Å². The summed E-state index contributed by atoms with van der Waals surface area (Å²) in [6.07, 6.45) is 0. The number of anilines is 1. The molecule has 2 rings (SSSR count). The van der Waals surface area contributed by atoms with Crippen molar-refractivity contribution in [3.05, 3.63) is 23.6 Å². The Hall–Kier alpha value is -1.69. The minimum absolute atomic E-state index is 0.421. The molecule has 0 spiro atoms. The highest BCUT2D eigenvalue weighted by Crippen LogP contribution is 2.30. The number of rotatable bonds is 5. The maximum Gasteiger partial charge on any atom is 0.262 e. The van der Waals surface area contributed by atoms with Crippen molar-refractivity contribution in [2.24, 2.45) is 5.92 Å². The third kappa shape index (κ3) is 3.66. The van der Waals surface area contributed by atoms with Crippen LogP contribution < -0.4 is 10.5 Å². The summed E-state index contributed by atoms with van der Waals surface area (Å²) in [4.78, 5) is 8.71. The third-order valence-electron chi connectivity index (χ3n) is 2.62. The van der Waals surface area contributed by atoms with E-state index >= 15 is 0 Å². The van der Waals surface area contributed by atoms with Crippen molar-refractivity contribution in [1.29, 1.82) is 0 Å². The van der Waals surface area contributed by atoms with Crippen LogP contribution in [0.3, 0.4) is 0 Å². The zero-order valence-corrected chi connectivity index (χ0v) is 13.0. The number of ether oxygens (including phenoxy) is 1. The third-order valence-corrected chi connectivity index (χ3v) is 3.40. The van der Waals surface area contributed by atoms with Crippen molar-refractivity contribution in [1.82, 2.24) is 9.97 Å². The monoisotopic (exact) mass is 293 g/mol. The summed E-state index contributed by atoms with van der Waals surface area (Å²) >= 11 is 1.36. The molecule has 0 amide bonds. The highest BCUT2D eigenvalue weighted by atomic mass is 32.2. The van der Waals surface area contributed by atoms with E-state index in [1.165, 1.54) is 11.8 Å². The van der Waals surface area contributed by atoms with Gasteiger partial charge in [0.05, 0.1) is 18.0 Å². The average Bonchev–Trinajstić information content (AvgIpc) is 2.69. The van der Waals surface area contributed by atoms with E-state index in [0.717, 1.165) is 16.5 Å². The number of nitrogens with two attached hydrogens (primary N) is 1. The Morgan fingerprint density at radius 1 is 1.30 bits per heavy atom. The molecule has 0 atom stereocenters. The Morgan fingerprint density at radius 2 is 2.05 bits per heavy atom. The first-order valence-electron chi connectivity index (χ1n) is 6.47. The number of aryl methyl sites for hydroxylation is 2. The molecule has 0 aliphatic heterocycles. The van der Waals surface area contributed by atoms with Gasteiger partial charge in [-0.25, -0.2) is 9.97 Å². The zero-order valence-electron chi connectivity index (χ0n) is 12.1. The van der Waals surface area contributed by atoms with Gasteiger partial charge in [0.25, 0.3) is 5.22 Å². The molecule has 6 heteroatoms. The normalized spacial score (nSPS) is 11.1. The summed E-state index contributed by atoms with van der Waals surface area (Å²) in [6, 6.07) is 3.62. The molecule has 2 heterocycles. The van der Waals surface area contributed by atoms with E-state index in [-0.39, 0.29) is 0 Å². The van der Waals surface area contributed by atoms with Gasteiger partial charge in [-0.15, -0.1) is 0 Å². The molecule has 0 fully saturated rings. The first-order chi connectivity index (χ1) is 9.45. The van der Waals surface area contributed by atoms with E-state index in [9.17, 15) is 0 Å². The van der Waals surface area contributed by atoms with Crippen LogP contribution in [-0.4, -0.2) is 16.6 Å². The first-order valence-corrected chi connectivity index (χ1v) is 7.28. The van der Waals surface area contributed by atoms with Gasteiger partial charge in [0.1, 0.15) is 10.8 Å². The number of pyridine rings is 1. The zero-order chi connectivity index (χ0) is 14.7. The number of aromatic nitrogens is 2. The molecule has 2 aromatic heterocycles. The second-order valence-corrected chi connectivity index (χ2v) is 5.94. The second-order valence-electron chi connectivity index (χ2n) is 4.97. The lowest BCUT2D eigenvalue weighted by atomic mass is 10.2. The maximum absolute atomic E-state index is 5.86. The predicted octanol–water partition coefficient (Wildman–Crippen LogP) is 3.45. The van der Waals surface area contributed by atoms with Crippen LogP contribution in [0.1, 0.15) is 25.3 Å². The molecule has 0 unspecified atom stereocenters. The minimum Gasteiger partial charge on any atom is -0.476 e. The van der Waals surface area contributed by atoms with E-state index in [1.54, 1.807) is 6.07 Å². The highest BCUT2D eigenvalue weighted by molar-refractivity contribution is 7.99. The lowest BCUT2D eigenvalue weighted by molar-refractivity contribution is 0.261. The van der Waals surface area contributed by atoms with Crippen molar-refractivity contribution in [3.63, 3.8) is 0 Å². The molecule has 2 N–H and O–H groups in total. The Morgan fingerprint density at radius 3 is 2.65 bits per heavy atom. The van der Waals surface area contributed by atoms with Crippen LogP contribution in [0.2, 0.25) is 0 Å². The largest absolute Gasteiger partial charge is 0.476 e. The molecule has 0 saturated heterocycles. The fourth-order valence-electron chi connectivity index (χ4n) is 1.43. The van der Waals surface area contributed by atoms with Gasteiger partial charge in [-0.05, 0) is 43.7 Å². The van der Waals surface area contributed by atoms with Crippen LogP contribution >= 0.6 is 11.8 Å².